The van der Waals surface area contributed by atoms with Crippen LogP contribution in [0.5, 0.6) is 0 Å². The van der Waals surface area contributed by atoms with E-state index in [9.17, 15) is 4.79 Å². The lowest BCUT2D eigenvalue weighted by molar-refractivity contribution is -0.559. The number of fused-ring (bicyclic) bond motifs is 2. The monoisotopic (exact) mass is 324 g/mol. The summed E-state index contributed by atoms with van der Waals surface area (Å²) < 4.78 is 11.9. The predicted octanol–water partition coefficient (Wildman–Crippen LogP) is 3.57. The highest BCUT2D eigenvalue weighted by Gasteiger charge is 2.70. The molecule has 5 heteroatoms. The minimum absolute atomic E-state index is 0.0872. The molecule has 4 heterocycles. The summed E-state index contributed by atoms with van der Waals surface area (Å²) in [5, 5.41) is 0. The molecule has 1 saturated carbocycles. The van der Waals surface area contributed by atoms with Crippen LogP contribution in [0, 0.1) is 23.7 Å². The lowest BCUT2D eigenvalue weighted by atomic mass is 9.57. The number of rotatable bonds is 3. The van der Waals surface area contributed by atoms with Crippen molar-refractivity contribution in [3.8, 4) is 0 Å². The zero-order valence-corrected chi connectivity index (χ0v) is 14.4. The summed E-state index contributed by atoms with van der Waals surface area (Å²) >= 11 is 0. The van der Waals surface area contributed by atoms with Gasteiger partial charge in [0, 0.05) is 18.3 Å². The van der Waals surface area contributed by atoms with Gasteiger partial charge in [0.05, 0.1) is 5.92 Å². The van der Waals surface area contributed by atoms with Crippen LogP contribution in [0.15, 0.2) is 0 Å². The fourth-order valence-corrected chi connectivity index (χ4v) is 5.36. The topological polar surface area (TPSA) is 54.0 Å². The number of hydrogen-bond acceptors (Lipinski definition) is 5. The largest absolute Gasteiger partial charge is 0.432 e. The van der Waals surface area contributed by atoms with Crippen molar-refractivity contribution >= 4 is 5.97 Å². The molecule has 0 N–H and O–H groups in total. The van der Waals surface area contributed by atoms with E-state index >= 15 is 0 Å². The Hall–Kier alpha value is -0.650. The number of carbonyl (C=O) groups excluding carboxylic acids is 1. The van der Waals surface area contributed by atoms with E-state index in [4.69, 9.17) is 19.2 Å². The highest BCUT2D eigenvalue weighted by Crippen LogP contribution is 2.60. The van der Waals surface area contributed by atoms with Gasteiger partial charge in [-0.15, -0.1) is 0 Å². The quantitative estimate of drug-likeness (QED) is 0.587. The van der Waals surface area contributed by atoms with Crippen molar-refractivity contribution < 1.29 is 24.0 Å². The van der Waals surface area contributed by atoms with E-state index in [0.29, 0.717) is 11.8 Å². The molecule has 5 nitrogen and oxygen atoms in total. The van der Waals surface area contributed by atoms with Crippen molar-refractivity contribution in [2.45, 2.75) is 83.4 Å². The van der Waals surface area contributed by atoms with Crippen molar-refractivity contribution in [1.29, 1.82) is 0 Å². The van der Waals surface area contributed by atoms with Crippen LogP contribution in [0.25, 0.3) is 0 Å². The first-order valence-electron chi connectivity index (χ1n) is 9.25. The third-order valence-corrected chi connectivity index (χ3v) is 6.66. The molecule has 130 valence electrons. The summed E-state index contributed by atoms with van der Waals surface area (Å²) in [6.45, 7) is 6.32. The minimum atomic E-state index is -0.798. The second-order valence-corrected chi connectivity index (χ2v) is 8.10. The molecule has 0 aromatic rings. The van der Waals surface area contributed by atoms with Gasteiger partial charge in [-0.1, -0.05) is 26.7 Å². The van der Waals surface area contributed by atoms with Gasteiger partial charge < -0.3 is 9.47 Å². The van der Waals surface area contributed by atoms with Crippen LogP contribution in [-0.2, 0) is 24.0 Å². The summed E-state index contributed by atoms with van der Waals surface area (Å²) in [5.41, 5.74) is -0.611. The van der Waals surface area contributed by atoms with Gasteiger partial charge in [0.2, 0.25) is 12.1 Å². The first kappa shape index (κ1) is 15.9. The molecule has 5 rings (SSSR count). The molecule has 2 bridgehead atoms. The summed E-state index contributed by atoms with van der Waals surface area (Å²) in [7, 11) is 0. The third kappa shape index (κ3) is 2.19. The third-order valence-electron chi connectivity index (χ3n) is 6.66. The highest BCUT2D eigenvalue weighted by molar-refractivity contribution is 5.74. The number of carbonyl (C=O) groups is 1. The zero-order chi connectivity index (χ0) is 16.2. The Labute approximate surface area is 137 Å². The average Bonchev–Trinajstić information content (AvgIpc) is 2.74. The first-order chi connectivity index (χ1) is 11.0. The second-order valence-electron chi connectivity index (χ2n) is 8.10. The van der Waals surface area contributed by atoms with Crippen molar-refractivity contribution in [1.82, 2.24) is 0 Å². The Morgan fingerprint density at radius 2 is 2.00 bits per heavy atom. The van der Waals surface area contributed by atoms with Crippen molar-refractivity contribution in [3.63, 3.8) is 0 Å². The molecule has 4 saturated heterocycles. The van der Waals surface area contributed by atoms with E-state index in [1.165, 1.54) is 0 Å². The van der Waals surface area contributed by atoms with E-state index in [-0.39, 0.29) is 17.8 Å². The van der Waals surface area contributed by atoms with Crippen LogP contribution in [-0.4, -0.2) is 23.6 Å². The normalized spacial score (nSPS) is 51.8. The number of esters is 1. The van der Waals surface area contributed by atoms with Gasteiger partial charge in [0.25, 0.3) is 0 Å². The maximum absolute atomic E-state index is 12.6. The SMILES string of the molecule is CCCC[C@H]1C(=O)O[C@@H]2O[C@]3(C)CC[C@H]4[C@H](C)CC[C@@H]1[C@@]24OO3. The van der Waals surface area contributed by atoms with Crippen LogP contribution in [0.1, 0.15) is 65.7 Å². The molecule has 0 unspecified atom stereocenters. The molecule has 0 amide bonds. The van der Waals surface area contributed by atoms with Crippen LogP contribution in [0.4, 0.5) is 0 Å². The molecule has 1 aliphatic carbocycles. The van der Waals surface area contributed by atoms with Gasteiger partial charge in [-0.25, -0.2) is 9.78 Å². The van der Waals surface area contributed by atoms with Gasteiger partial charge in [-0.3, -0.25) is 4.79 Å². The van der Waals surface area contributed by atoms with Crippen LogP contribution in [0.3, 0.4) is 0 Å². The van der Waals surface area contributed by atoms with Gasteiger partial charge >= 0.3 is 5.97 Å². The van der Waals surface area contributed by atoms with Gasteiger partial charge in [-0.2, -0.15) is 0 Å². The van der Waals surface area contributed by atoms with E-state index < -0.39 is 17.7 Å². The Balaban J connectivity index is 1.74. The summed E-state index contributed by atoms with van der Waals surface area (Å²) in [5.74, 6) is 0.0126. The molecule has 0 aromatic carbocycles. The van der Waals surface area contributed by atoms with Gasteiger partial charge in [0.15, 0.2) is 5.60 Å². The maximum atomic E-state index is 12.6. The Morgan fingerprint density at radius 3 is 2.78 bits per heavy atom. The molecule has 5 aliphatic rings. The lowest BCUT2D eigenvalue weighted by Crippen LogP contribution is -2.70. The minimum Gasteiger partial charge on any atom is -0.432 e. The van der Waals surface area contributed by atoms with E-state index in [0.717, 1.165) is 44.9 Å². The van der Waals surface area contributed by atoms with Gasteiger partial charge in [0.1, 0.15) is 0 Å². The standard InChI is InChI=1S/C18H28O5/c1-4-5-6-12-14-8-7-11(2)13-9-10-17(3)21-16(20-15(12)19)18(13,14)23-22-17/h11-14,16H,4-10H2,1-3H3/t11-,12-,13+,14+,16-,17+,18-/m1/s1. The van der Waals surface area contributed by atoms with Crippen LogP contribution < -0.4 is 0 Å². The molecule has 4 aliphatic heterocycles. The van der Waals surface area contributed by atoms with Gasteiger partial charge in [-0.05, 0) is 38.5 Å². The van der Waals surface area contributed by atoms with E-state index in [2.05, 4.69) is 13.8 Å². The average molecular weight is 324 g/mol. The molecule has 0 aromatic heterocycles. The fourth-order valence-electron chi connectivity index (χ4n) is 5.36. The Morgan fingerprint density at radius 1 is 1.17 bits per heavy atom. The highest BCUT2D eigenvalue weighted by atomic mass is 17.3. The zero-order valence-electron chi connectivity index (χ0n) is 14.4. The summed E-state index contributed by atoms with van der Waals surface area (Å²) in [4.78, 5) is 24.4. The Bertz CT molecular complexity index is 494. The smallest absolute Gasteiger partial charge is 0.311 e. The van der Waals surface area contributed by atoms with Crippen LogP contribution in [0.2, 0.25) is 0 Å². The number of ether oxygens (including phenoxy) is 2. The van der Waals surface area contributed by atoms with Crippen molar-refractivity contribution in [2.75, 3.05) is 0 Å². The predicted molar refractivity (Wildman–Crippen MR) is 81.9 cm³/mol. The maximum Gasteiger partial charge on any atom is 0.311 e. The van der Waals surface area contributed by atoms with Crippen molar-refractivity contribution in [2.24, 2.45) is 23.7 Å². The van der Waals surface area contributed by atoms with Crippen molar-refractivity contribution in [3.05, 3.63) is 0 Å². The molecule has 0 radical (unpaired) electrons. The number of hydrogen-bond donors (Lipinski definition) is 0. The molecule has 7 atom stereocenters. The lowest BCUT2D eigenvalue weighted by Gasteiger charge is -2.58. The molecule has 1 spiro atoms. The summed E-state index contributed by atoms with van der Waals surface area (Å²) in [6, 6.07) is 0. The van der Waals surface area contributed by atoms with E-state index in [1.807, 2.05) is 6.92 Å². The first-order valence-corrected chi connectivity index (χ1v) is 9.25. The number of unbranched alkanes of at least 4 members (excludes halogenated alkanes) is 1. The molecule has 5 fully saturated rings. The Kier molecular flexibility index (Phi) is 3.74. The summed E-state index contributed by atoms with van der Waals surface area (Å²) in [6.07, 6.45) is 6.28. The fraction of sp³-hybridized carbons (Fsp3) is 0.944. The molecule has 23 heavy (non-hydrogen) atoms. The van der Waals surface area contributed by atoms with Crippen LogP contribution >= 0.6 is 0 Å². The molecular formula is C18H28O5. The molecular weight excluding hydrogens is 296 g/mol. The van der Waals surface area contributed by atoms with E-state index in [1.54, 1.807) is 0 Å². The second kappa shape index (κ2) is 5.43.